The summed E-state index contributed by atoms with van der Waals surface area (Å²) in [4.78, 5) is 16.2. The van der Waals surface area contributed by atoms with Crippen LogP contribution in [0.3, 0.4) is 0 Å². The SMILES string of the molecule is COC(=O)c1cnc(C)cc1-c1cc(F)ccc1C#C[Si](C)(C)C. The smallest absolute Gasteiger partial charge is 0.340 e. The Hall–Kier alpha value is -2.45. The van der Waals surface area contributed by atoms with E-state index < -0.39 is 14.0 Å². The lowest BCUT2D eigenvalue weighted by Crippen LogP contribution is -2.16. The minimum Gasteiger partial charge on any atom is -0.465 e. The van der Waals surface area contributed by atoms with E-state index in [9.17, 15) is 9.18 Å². The first-order valence-corrected chi connectivity index (χ1v) is 11.1. The number of hydrogen-bond acceptors (Lipinski definition) is 3. The fraction of sp³-hybridized carbons (Fsp3) is 0.263. The second-order valence-corrected chi connectivity index (χ2v) is 11.3. The number of carbonyl (C=O) groups is 1. The maximum Gasteiger partial charge on any atom is 0.340 e. The quantitative estimate of drug-likeness (QED) is 0.467. The molecule has 0 saturated carbocycles. The predicted molar refractivity (Wildman–Crippen MR) is 95.9 cm³/mol. The van der Waals surface area contributed by atoms with Gasteiger partial charge in [-0.2, -0.15) is 0 Å². The van der Waals surface area contributed by atoms with Crippen LogP contribution in [0.25, 0.3) is 11.1 Å². The van der Waals surface area contributed by atoms with Crippen LogP contribution < -0.4 is 0 Å². The van der Waals surface area contributed by atoms with Crippen LogP contribution in [0.5, 0.6) is 0 Å². The van der Waals surface area contributed by atoms with Crippen LogP contribution in [-0.4, -0.2) is 26.1 Å². The first-order valence-electron chi connectivity index (χ1n) is 7.59. The van der Waals surface area contributed by atoms with E-state index in [4.69, 9.17) is 4.74 Å². The molecule has 0 amide bonds. The zero-order valence-electron chi connectivity index (χ0n) is 14.5. The number of esters is 1. The summed E-state index contributed by atoms with van der Waals surface area (Å²) in [5.41, 5.74) is 6.15. The van der Waals surface area contributed by atoms with Gasteiger partial charge >= 0.3 is 5.97 Å². The monoisotopic (exact) mass is 341 g/mol. The van der Waals surface area contributed by atoms with Gasteiger partial charge in [0.2, 0.25) is 0 Å². The standard InChI is InChI=1S/C19H20FNO2Si/c1-13-10-17(18(12-21-13)19(22)23-2)16-11-15(20)7-6-14(16)8-9-24(3,4)5/h6-7,10-12H,1-5H3. The highest BCUT2D eigenvalue weighted by Crippen LogP contribution is 2.28. The van der Waals surface area contributed by atoms with E-state index in [1.165, 1.54) is 25.4 Å². The number of ether oxygens (including phenoxy) is 1. The van der Waals surface area contributed by atoms with E-state index in [-0.39, 0.29) is 5.82 Å². The third-order valence-electron chi connectivity index (χ3n) is 3.29. The summed E-state index contributed by atoms with van der Waals surface area (Å²) in [7, 11) is -0.281. The van der Waals surface area contributed by atoms with E-state index in [1.54, 1.807) is 12.1 Å². The normalized spacial score (nSPS) is 10.8. The highest BCUT2D eigenvalue weighted by molar-refractivity contribution is 6.83. The van der Waals surface area contributed by atoms with E-state index >= 15 is 0 Å². The first kappa shape index (κ1) is 17.9. The number of rotatable bonds is 2. The third kappa shape index (κ3) is 4.30. The summed E-state index contributed by atoms with van der Waals surface area (Å²) in [6.45, 7) is 8.23. The lowest BCUT2D eigenvalue weighted by atomic mass is 9.96. The van der Waals surface area contributed by atoms with Gasteiger partial charge in [0.15, 0.2) is 0 Å². The summed E-state index contributed by atoms with van der Waals surface area (Å²) in [6.07, 6.45) is 1.46. The molecular weight excluding hydrogens is 321 g/mol. The number of benzene rings is 1. The lowest BCUT2D eigenvalue weighted by Gasteiger charge is -2.11. The predicted octanol–water partition coefficient (Wildman–Crippen LogP) is 4.21. The molecule has 0 aliphatic heterocycles. The molecule has 0 atom stereocenters. The van der Waals surface area contributed by atoms with Gasteiger partial charge in [-0.25, -0.2) is 9.18 Å². The van der Waals surface area contributed by atoms with E-state index in [2.05, 4.69) is 36.1 Å². The zero-order valence-corrected chi connectivity index (χ0v) is 15.5. The fourth-order valence-electron chi connectivity index (χ4n) is 2.16. The summed E-state index contributed by atoms with van der Waals surface area (Å²) in [6, 6.07) is 6.17. The van der Waals surface area contributed by atoms with Gasteiger partial charge < -0.3 is 4.74 Å². The van der Waals surface area contributed by atoms with E-state index in [0.29, 0.717) is 22.3 Å². The van der Waals surface area contributed by atoms with Crippen molar-refractivity contribution in [2.24, 2.45) is 0 Å². The summed E-state index contributed by atoms with van der Waals surface area (Å²) < 4.78 is 18.7. The van der Waals surface area contributed by atoms with Crippen molar-refractivity contribution >= 4 is 14.0 Å². The molecule has 0 radical (unpaired) electrons. The minimum absolute atomic E-state index is 0.296. The molecule has 0 saturated heterocycles. The molecule has 0 spiro atoms. The van der Waals surface area contributed by atoms with Crippen LogP contribution in [-0.2, 0) is 4.74 Å². The van der Waals surface area contributed by atoms with Crippen molar-refractivity contribution in [3.63, 3.8) is 0 Å². The Labute approximate surface area is 142 Å². The Morgan fingerprint density at radius 1 is 1.21 bits per heavy atom. The summed E-state index contributed by atoms with van der Waals surface area (Å²) >= 11 is 0. The van der Waals surface area contributed by atoms with E-state index in [0.717, 1.165) is 5.69 Å². The number of aromatic nitrogens is 1. The summed E-state index contributed by atoms with van der Waals surface area (Å²) in [5, 5.41) is 0. The highest BCUT2D eigenvalue weighted by atomic mass is 28.3. The van der Waals surface area contributed by atoms with Crippen molar-refractivity contribution < 1.29 is 13.9 Å². The molecule has 0 aliphatic rings. The van der Waals surface area contributed by atoms with Crippen molar-refractivity contribution in [3.8, 4) is 22.6 Å². The van der Waals surface area contributed by atoms with E-state index in [1.807, 2.05) is 6.92 Å². The van der Waals surface area contributed by atoms with Crippen molar-refractivity contribution in [1.29, 1.82) is 0 Å². The number of pyridine rings is 1. The molecule has 1 aromatic heterocycles. The molecular formula is C19H20FNO2Si. The third-order valence-corrected chi connectivity index (χ3v) is 4.16. The molecule has 2 rings (SSSR count). The Kier molecular flexibility index (Phi) is 5.20. The molecule has 0 aliphatic carbocycles. The Morgan fingerprint density at radius 2 is 1.92 bits per heavy atom. The maximum atomic E-state index is 13.9. The van der Waals surface area contributed by atoms with Gasteiger partial charge in [-0.3, -0.25) is 4.98 Å². The van der Waals surface area contributed by atoms with Crippen LogP contribution in [0.2, 0.25) is 19.6 Å². The average molecular weight is 341 g/mol. The van der Waals surface area contributed by atoms with Crippen molar-refractivity contribution in [2.75, 3.05) is 7.11 Å². The molecule has 5 heteroatoms. The second-order valence-electron chi connectivity index (χ2n) is 6.55. The number of halogens is 1. The largest absolute Gasteiger partial charge is 0.465 e. The van der Waals surface area contributed by atoms with Crippen LogP contribution >= 0.6 is 0 Å². The van der Waals surface area contributed by atoms with Crippen LogP contribution in [0.1, 0.15) is 21.6 Å². The average Bonchev–Trinajstić information content (AvgIpc) is 2.52. The molecule has 0 bridgehead atoms. The van der Waals surface area contributed by atoms with Crippen LogP contribution in [0, 0.1) is 24.2 Å². The van der Waals surface area contributed by atoms with Crippen LogP contribution in [0.4, 0.5) is 4.39 Å². The van der Waals surface area contributed by atoms with Gasteiger partial charge in [0.05, 0.1) is 12.7 Å². The molecule has 0 N–H and O–H groups in total. The van der Waals surface area contributed by atoms with Crippen molar-refractivity contribution in [3.05, 3.63) is 53.1 Å². The molecule has 1 heterocycles. The van der Waals surface area contributed by atoms with Gasteiger partial charge in [0.25, 0.3) is 0 Å². The van der Waals surface area contributed by atoms with Gasteiger partial charge in [-0.15, -0.1) is 5.54 Å². The Bertz CT molecular complexity index is 845. The van der Waals surface area contributed by atoms with Crippen LogP contribution in [0.15, 0.2) is 30.5 Å². The van der Waals surface area contributed by atoms with Crippen molar-refractivity contribution in [1.82, 2.24) is 4.98 Å². The number of nitrogens with zero attached hydrogens (tertiary/aromatic N) is 1. The molecule has 124 valence electrons. The Balaban J connectivity index is 2.72. The Morgan fingerprint density at radius 3 is 2.54 bits per heavy atom. The van der Waals surface area contributed by atoms with Gasteiger partial charge in [0, 0.05) is 28.6 Å². The number of carbonyl (C=O) groups excluding carboxylic acids is 1. The fourth-order valence-corrected chi connectivity index (χ4v) is 2.67. The van der Waals surface area contributed by atoms with Crippen molar-refractivity contribution in [2.45, 2.75) is 26.6 Å². The molecule has 0 unspecified atom stereocenters. The molecule has 3 nitrogen and oxygen atoms in total. The highest BCUT2D eigenvalue weighted by Gasteiger charge is 2.17. The first-order chi connectivity index (χ1) is 11.2. The summed E-state index contributed by atoms with van der Waals surface area (Å²) in [5.74, 6) is 2.27. The second kappa shape index (κ2) is 6.98. The maximum absolute atomic E-state index is 13.9. The number of methoxy groups -OCH3 is 1. The molecule has 24 heavy (non-hydrogen) atoms. The number of hydrogen-bond donors (Lipinski definition) is 0. The van der Waals surface area contributed by atoms with Gasteiger partial charge in [-0.1, -0.05) is 25.6 Å². The minimum atomic E-state index is -1.59. The van der Waals surface area contributed by atoms with Gasteiger partial charge in [0.1, 0.15) is 13.9 Å². The topological polar surface area (TPSA) is 39.2 Å². The molecule has 0 fully saturated rings. The zero-order chi connectivity index (χ0) is 17.9. The van der Waals surface area contributed by atoms with Gasteiger partial charge in [-0.05, 0) is 31.2 Å². The molecule has 1 aromatic carbocycles. The molecule has 2 aromatic rings. The lowest BCUT2D eigenvalue weighted by molar-refractivity contribution is 0.0601. The number of aryl methyl sites for hydroxylation is 1.